The number of halogens is 3. The normalized spacial score (nSPS) is 10.7. The van der Waals surface area contributed by atoms with Gasteiger partial charge in [-0.15, -0.1) is 5.10 Å². The highest BCUT2D eigenvalue weighted by Gasteiger charge is 2.19. The summed E-state index contributed by atoms with van der Waals surface area (Å²) in [5, 5.41) is 7.25. The molecule has 0 spiro atoms. The third-order valence-corrected chi connectivity index (χ3v) is 4.14. The summed E-state index contributed by atoms with van der Waals surface area (Å²) in [4.78, 5) is 16.4. The molecule has 9 heteroatoms. The molecular formula is C17H13Cl2FN4O2. The predicted octanol–water partition coefficient (Wildman–Crippen LogP) is 4.28. The average Bonchev–Trinajstić information content (AvgIpc) is 2.99. The lowest BCUT2D eigenvalue weighted by Gasteiger charge is -2.09. The van der Waals surface area contributed by atoms with Crippen LogP contribution in [-0.4, -0.2) is 27.8 Å². The Labute approximate surface area is 158 Å². The van der Waals surface area contributed by atoms with Crippen LogP contribution < -0.4 is 10.1 Å². The second-order valence-corrected chi connectivity index (χ2v) is 6.08. The number of para-hydroxylation sites is 1. The lowest BCUT2D eigenvalue weighted by Crippen LogP contribution is -2.15. The van der Waals surface area contributed by atoms with Gasteiger partial charge in [0.25, 0.3) is 5.91 Å². The molecule has 0 fully saturated rings. The number of hydrogen-bond acceptors (Lipinski definition) is 4. The summed E-state index contributed by atoms with van der Waals surface area (Å²) in [6.45, 7) is 1.66. The van der Waals surface area contributed by atoms with E-state index in [2.05, 4.69) is 15.4 Å². The van der Waals surface area contributed by atoms with Gasteiger partial charge in [-0.05, 0) is 25.1 Å². The SMILES string of the molecule is COc1cc(-n2nc(C(=O)Nc3ccccc3F)nc2C)c(Cl)cc1Cl. The van der Waals surface area contributed by atoms with Crippen LogP contribution in [0.5, 0.6) is 5.75 Å². The molecule has 0 radical (unpaired) electrons. The summed E-state index contributed by atoms with van der Waals surface area (Å²) in [6.07, 6.45) is 0. The van der Waals surface area contributed by atoms with E-state index in [1.165, 1.54) is 36.1 Å². The van der Waals surface area contributed by atoms with Crippen molar-refractivity contribution in [2.75, 3.05) is 12.4 Å². The molecule has 0 atom stereocenters. The highest BCUT2D eigenvalue weighted by Crippen LogP contribution is 2.33. The van der Waals surface area contributed by atoms with Crippen LogP contribution in [-0.2, 0) is 0 Å². The smallest absolute Gasteiger partial charge is 0.295 e. The molecule has 3 rings (SSSR count). The van der Waals surface area contributed by atoms with Crippen LogP contribution in [0.4, 0.5) is 10.1 Å². The number of nitrogens with one attached hydrogen (secondary N) is 1. The monoisotopic (exact) mass is 394 g/mol. The van der Waals surface area contributed by atoms with E-state index in [0.717, 1.165) is 0 Å². The molecule has 0 saturated heterocycles. The zero-order valence-electron chi connectivity index (χ0n) is 13.8. The average molecular weight is 395 g/mol. The summed E-state index contributed by atoms with van der Waals surface area (Å²) >= 11 is 12.3. The van der Waals surface area contributed by atoms with Crippen LogP contribution in [0.1, 0.15) is 16.4 Å². The molecule has 0 bridgehead atoms. The maximum Gasteiger partial charge on any atom is 0.295 e. The maximum atomic E-state index is 13.7. The molecule has 0 aliphatic rings. The summed E-state index contributed by atoms with van der Waals surface area (Å²) in [7, 11) is 1.47. The van der Waals surface area contributed by atoms with Crippen molar-refractivity contribution in [3.63, 3.8) is 0 Å². The molecule has 1 amide bonds. The van der Waals surface area contributed by atoms with Crippen LogP contribution in [0.15, 0.2) is 36.4 Å². The van der Waals surface area contributed by atoms with Gasteiger partial charge in [-0.2, -0.15) is 0 Å². The first-order chi connectivity index (χ1) is 12.4. The number of ether oxygens (including phenoxy) is 1. The van der Waals surface area contributed by atoms with Crippen molar-refractivity contribution < 1.29 is 13.9 Å². The Morgan fingerprint density at radius 3 is 2.65 bits per heavy atom. The molecule has 0 aliphatic heterocycles. The highest BCUT2D eigenvalue weighted by atomic mass is 35.5. The minimum atomic E-state index is -0.644. The van der Waals surface area contributed by atoms with Crippen LogP contribution in [0.2, 0.25) is 10.0 Å². The minimum Gasteiger partial charge on any atom is -0.495 e. The second kappa shape index (κ2) is 7.31. The maximum absolute atomic E-state index is 13.7. The van der Waals surface area contributed by atoms with Gasteiger partial charge < -0.3 is 10.1 Å². The van der Waals surface area contributed by atoms with Gasteiger partial charge in [0, 0.05) is 6.07 Å². The van der Waals surface area contributed by atoms with Crippen LogP contribution in [0, 0.1) is 12.7 Å². The number of aromatic nitrogens is 3. The van der Waals surface area contributed by atoms with Crippen LogP contribution >= 0.6 is 23.2 Å². The predicted molar refractivity (Wildman–Crippen MR) is 97.0 cm³/mol. The number of benzene rings is 2. The van der Waals surface area contributed by atoms with E-state index in [0.29, 0.717) is 27.3 Å². The van der Waals surface area contributed by atoms with E-state index in [-0.39, 0.29) is 11.5 Å². The number of carbonyl (C=O) groups excluding carboxylic acids is 1. The highest BCUT2D eigenvalue weighted by molar-refractivity contribution is 6.36. The van der Waals surface area contributed by atoms with E-state index in [1.807, 2.05) is 0 Å². The van der Waals surface area contributed by atoms with E-state index in [4.69, 9.17) is 27.9 Å². The van der Waals surface area contributed by atoms with Crippen LogP contribution in [0.25, 0.3) is 5.69 Å². The van der Waals surface area contributed by atoms with Crippen molar-refractivity contribution in [3.8, 4) is 11.4 Å². The molecule has 1 heterocycles. The van der Waals surface area contributed by atoms with Crippen molar-refractivity contribution in [2.24, 2.45) is 0 Å². The summed E-state index contributed by atoms with van der Waals surface area (Å²) in [5.74, 6) is -0.513. The molecule has 3 aromatic rings. The molecule has 2 aromatic carbocycles. The van der Waals surface area contributed by atoms with Gasteiger partial charge in [-0.1, -0.05) is 35.3 Å². The standard InChI is InChI=1S/C17H13Cl2FN4O2/c1-9-21-16(17(25)22-13-6-4-3-5-12(13)20)23-24(9)14-8-15(26-2)11(19)7-10(14)18/h3-8H,1-2H3,(H,22,25). The summed E-state index contributed by atoms with van der Waals surface area (Å²) in [5.41, 5.74) is 0.487. The first-order valence-electron chi connectivity index (χ1n) is 7.43. The van der Waals surface area contributed by atoms with Gasteiger partial charge in [0.1, 0.15) is 17.4 Å². The molecule has 134 valence electrons. The van der Waals surface area contributed by atoms with Crippen molar-refractivity contribution in [1.29, 1.82) is 0 Å². The molecular weight excluding hydrogens is 382 g/mol. The van der Waals surface area contributed by atoms with Gasteiger partial charge in [0.15, 0.2) is 0 Å². The molecule has 1 aromatic heterocycles. The number of hydrogen-bond donors (Lipinski definition) is 1. The molecule has 26 heavy (non-hydrogen) atoms. The van der Waals surface area contributed by atoms with Gasteiger partial charge in [-0.25, -0.2) is 14.1 Å². The van der Waals surface area contributed by atoms with Gasteiger partial charge in [0.05, 0.1) is 28.5 Å². The quantitative estimate of drug-likeness (QED) is 0.716. The first kappa shape index (κ1) is 18.2. The zero-order valence-corrected chi connectivity index (χ0v) is 15.3. The fourth-order valence-electron chi connectivity index (χ4n) is 2.29. The number of methoxy groups -OCH3 is 1. The lowest BCUT2D eigenvalue weighted by atomic mass is 10.3. The number of amides is 1. The van der Waals surface area contributed by atoms with Crippen LogP contribution in [0.3, 0.4) is 0 Å². The Bertz CT molecular complexity index is 991. The Hall–Kier alpha value is -2.64. The first-order valence-corrected chi connectivity index (χ1v) is 8.19. The van der Waals surface area contributed by atoms with E-state index in [9.17, 15) is 9.18 Å². The van der Waals surface area contributed by atoms with Gasteiger partial charge in [-0.3, -0.25) is 4.79 Å². The Morgan fingerprint density at radius 2 is 1.96 bits per heavy atom. The Balaban J connectivity index is 1.95. The number of nitrogens with zero attached hydrogens (tertiary/aromatic N) is 3. The number of carbonyl (C=O) groups is 1. The summed E-state index contributed by atoms with van der Waals surface area (Å²) < 4.78 is 20.2. The van der Waals surface area contributed by atoms with Gasteiger partial charge >= 0.3 is 0 Å². The third kappa shape index (κ3) is 3.49. The Kier molecular flexibility index (Phi) is 5.11. The number of rotatable bonds is 4. The summed E-state index contributed by atoms with van der Waals surface area (Å²) in [6, 6.07) is 8.92. The topological polar surface area (TPSA) is 69.0 Å². The molecule has 0 saturated carbocycles. The Morgan fingerprint density at radius 1 is 1.23 bits per heavy atom. The molecule has 0 aliphatic carbocycles. The lowest BCUT2D eigenvalue weighted by molar-refractivity contribution is 0.101. The van der Waals surface area contributed by atoms with E-state index in [1.54, 1.807) is 19.1 Å². The number of aryl methyl sites for hydroxylation is 1. The largest absolute Gasteiger partial charge is 0.495 e. The van der Waals surface area contributed by atoms with E-state index < -0.39 is 11.7 Å². The second-order valence-electron chi connectivity index (χ2n) is 5.27. The van der Waals surface area contributed by atoms with Crippen molar-refractivity contribution in [1.82, 2.24) is 14.8 Å². The van der Waals surface area contributed by atoms with Crippen molar-refractivity contribution >= 4 is 34.8 Å². The number of anilines is 1. The third-order valence-electron chi connectivity index (χ3n) is 3.54. The fraction of sp³-hybridized carbons (Fsp3) is 0.118. The van der Waals surface area contributed by atoms with E-state index >= 15 is 0 Å². The minimum absolute atomic E-state index is 0.0395. The molecule has 0 unspecified atom stereocenters. The molecule has 1 N–H and O–H groups in total. The van der Waals surface area contributed by atoms with Crippen molar-refractivity contribution in [3.05, 3.63) is 63.9 Å². The van der Waals surface area contributed by atoms with Crippen molar-refractivity contribution in [2.45, 2.75) is 6.92 Å². The zero-order chi connectivity index (χ0) is 18.8. The molecule has 6 nitrogen and oxygen atoms in total. The van der Waals surface area contributed by atoms with Gasteiger partial charge in [0.2, 0.25) is 5.82 Å². The fourth-order valence-corrected chi connectivity index (χ4v) is 2.83.